The Morgan fingerprint density at radius 1 is 1.15 bits per heavy atom. The summed E-state index contributed by atoms with van der Waals surface area (Å²) >= 11 is 6.03. The lowest BCUT2D eigenvalue weighted by molar-refractivity contribution is 0.104. The van der Waals surface area contributed by atoms with Crippen LogP contribution in [0.25, 0.3) is 0 Å². The molecule has 3 heterocycles. The average Bonchev–Trinajstić information content (AvgIpc) is 2.91. The van der Waals surface area contributed by atoms with Gasteiger partial charge in [0.2, 0.25) is 5.95 Å². The molecule has 2 fully saturated rings. The fourth-order valence-corrected chi connectivity index (χ4v) is 6.27. The molecule has 1 saturated heterocycles. The van der Waals surface area contributed by atoms with Crippen molar-refractivity contribution in [1.29, 1.82) is 0 Å². The number of hydrogen-bond donors (Lipinski definition) is 2. The summed E-state index contributed by atoms with van der Waals surface area (Å²) in [6.45, 7) is 1.28. The summed E-state index contributed by atoms with van der Waals surface area (Å²) < 4.78 is 41.3. The molecule has 1 aromatic heterocycles. The molecule has 0 bridgehead atoms. The van der Waals surface area contributed by atoms with Gasteiger partial charge in [0.15, 0.2) is 0 Å². The molecule has 10 heteroatoms. The monoisotopic (exact) mass is 496 g/mol. The number of halogens is 3. The van der Waals surface area contributed by atoms with Crippen LogP contribution >= 0.6 is 11.6 Å². The SMILES string of the molecule is O=[S@]1c2c(nc(N3CCCC(c4ccc(Cl)cc4)CC3)nc2NC2(CO)CCC2)CC1(F)F. The van der Waals surface area contributed by atoms with Crippen molar-refractivity contribution in [3.63, 3.8) is 0 Å². The summed E-state index contributed by atoms with van der Waals surface area (Å²) in [5.41, 5.74) is 0.778. The van der Waals surface area contributed by atoms with Crippen LogP contribution in [0.5, 0.6) is 0 Å². The predicted octanol–water partition coefficient (Wildman–Crippen LogP) is 4.49. The second-order valence-corrected chi connectivity index (χ2v) is 11.3. The van der Waals surface area contributed by atoms with E-state index in [0.29, 0.717) is 42.8 Å². The zero-order valence-corrected chi connectivity index (χ0v) is 19.8. The Morgan fingerprint density at radius 3 is 2.58 bits per heavy atom. The Bertz CT molecular complexity index is 1060. The van der Waals surface area contributed by atoms with Gasteiger partial charge in [-0.15, -0.1) is 0 Å². The number of hydrogen-bond acceptors (Lipinski definition) is 6. The molecular weight excluding hydrogens is 470 g/mol. The molecule has 1 aliphatic carbocycles. The molecule has 6 nitrogen and oxygen atoms in total. The highest BCUT2D eigenvalue weighted by Gasteiger charge is 2.50. The predicted molar refractivity (Wildman–Crippen MR) is 125 cm³/mol. The molecule has 2 aromatic rings. The van der Waals surface area contributed by atoms with Crippen molar-refractivity contribution >= 4 is 34.2 Å². The van der Waals surface area contributed by atoms with Gasteiger partial charge in [0.25, 0.3) is 0 Å². The molecule has 1 saturated carbocycles. The highest BCUT2D eigenvalue weighted by Crippen LogP contribution is 2.44. The molecule has 1 unspecified atom stereocenters. The van der Waals surface area contributed by atoms with Crippen molar-refractivity contribution in [2.45, 2.75) is 66.6 Å². The lowest BCUT2D eigenvalue weighted by atomic mass is 9.77. The molecule has 3 aliphatic rings. The van der Waals surface area contributed by atoms with Gasteiger partial charge in [0, 0.05) is 18.1 Å². The number of aliphatic hydroxyl groups is 1. The summed E-state index contributed by atoms with van der Waals surface area (Å²) in [4.78, 5) is 11.1. The van der Waals surface area contributed by atoms with Gasteiger partial charge in [-0.3, -0.25) is 0 Å². The number of nitrogens with zero attached hydrogens (tertiary/aromatic N) is 3. The van der Waals surface area contributed by atoms with Gasteiger partial charge in [-0.25, -0.2) is 9.19 Å². The Hall–Kier alpha value is -1.84. The Kier molecular flexibility index (Phi) is 6.07. The highest BCUT2D eigenvalue weighted by atomic mass is 35.5. The minimum absolute atomic E-state index is 0.0164. The van der Waals surface area contributed by atoms with Crippen molar-refractivity contribution in [3.8, 4) is 0 Å². The number of anilines is 2. The first kappa shape index (κ1) is 22.9. The topological polar surface area (TPSA) is 78.4 Å². The molecule has 0 amide bonds. The van der Waals surface area contributed by atoms with E-state index in [1.54, 1.807) is 0 Å². The van der Waals surface area contributed by atoms with Gasteiger partial charge >= 0.3 is 5.25 Å². The number of benzene rings is 1. The second-order valence-electron chi connectivity index (χ2n) is 9.31. The number of aliphatic hydroxyl groups excluding tert-OH is 1. The van der Waals surface area contributed by atoms with E-state index < -0.39 is 28.0 Å². The van der Waals surface area contributed by atoms with Crippen LogP contribution in [-0.4, -0.2) is 49.8 Å². The van der Waals surface area contributed by atoms with Gasteiger partial charge in [-0.05, 0) is 62.1 Å². The van der Waals surface area contributed by atoms with E-state index in [1.807, 2.05) is 17.0 Å². The van der Waals surface area contributed by atoms with Gasteiger partial charge in [-0.2, -0.15) is 13.8 Å². The van der Waals surface area contributed by atoms with Crippen LogP contribution in [0.1, 0.15) is 55.7 Å². The summed E-state index contributed by atoms with van der Waals surface area (Å²) in [6, 6.07) is 7.92. The van der Waals surface area contributed by atoms with Crippen LogP contribution in [0, 0.1) is 0 Å². The normalized spacial score (nSPS) is 25.8. The first-order chi connectivity index (χ1) is 15.8. The first-order valence-electron chi connectivity index (χ1n) is 11.4. The van der Waals surface area contributed by atoms with E-state index in [9.17, 15) is 18.1 Å². The molecule has 33 heavy (non-hydrogen) atoms. The maximum atomic E-state index is 14.4. The first-order valence-corrected chi connectivity index (χ1v) is 12.9. The van der Waals surface area contributed by atoms with Crippen LogP contribution in [0.2, 0.25) is 5.02 Å². The Morgan fingerprint density at radius 2 is 1.91 bits per heavy atom. The van der Waals surface area contributed by atoms with E-state index >= 15 is 0 Å². The fourth-order valence-electron chi connectivity index (χ4n) is 4.98. The summed E-state index contributed by atoms with van der Waals surface area (Å²) in [6.07, 6.45) is 4.51. The van der Waals surface area contributed by atoms with Crippen molar-refractivity contribution in [2.75, 3.05) is 29.9 Å². The molecular formula is C23H27ClF2N4O2S. The third-order valence-electron chi connectivity index (χ3n) is 7.10. The number of alkyl halides is 2. The van der Waals surface area contributed by atoms with Crippen LogP contribution < -0.4 is 10.2 Å². The maximum Gasteiger partial charge on any atom is 0.331 e. The minimum Gasteiger partial charge on any atom is -0.394 e. The van der Waals surface area contributed by atoms with Crippen molar-refractivity contribution in [3.05, 3.63) is 40.5 Å². The standard InChI is InChI=1S/C23H27ClF2N4O2S/c24-17-6-4-16(5-7-17)15-3-1-11-30(12-8-15)21-27-18-13-23(25,26)33(32)19(18)20(28-21)29-22(14-31)9-2-10-22/h4-7,15,31H,1-3,8-14H2,(H,27,28,29)/t15?,33-/m0/s1. The maximum absolute atomic E-state index is 14.4. The van der Waals surface area contributed by atoms with Gasteiger partial charge in [0.1, 0.15) is 21.5 Å². The second kappa shape index (κ2) is 8.74. The fraction of sp³-hybridized carbons (Fsp3) is 0.565. The van der Waals surface area contributed by atoms with E-state index in [2.05, 4.69) is 27.4 Å². The Labute approximate surface area is 199 Å². The summed E-state index contributed by atoms with van der Waals surface area (Å²) in [5.74, 6) is 0.941. The van der Waals surface area contributed by atoms with E-state index in [4.69, 9.17) is 11.6 Å². The molecule has 178 valence electrons. The molecule has 0 spiro atoms. The van der Waals surface area contributed by atoms with Crippen LogP contribution in [0.4, 0.5) is 20.5 Å². The van der Waals surface area contributed by atoms with Crippen LogP contribution in [0.3, 0.4) is 0 Å². The van der Waals surface area contributed by atoms with E-state index in [1.165, 1.54) is 5.56 Å². The van der Waals surface area contributed by atoms with Crippen molar-refractivity contribution in [1.82, 2.24) is 9.97 Å². The van der Waals surface area contributed by atoms with E-state index in [0.717, 1.165) is 25.7 Å². The minimum atomic E-state index is -3.36. The zero-order chi connectivity index (χ0) is 23.2. The molecule has 5 rings (SSSR count). The zero-order valence-electron chi connectivity index (χ0n) is 18.2. The Balaban J connectivity index is 1.43. The lowest BCUT2D eigenvalue weighted by Crippen LogP contribution is -2.48. The molecule has 1 aromatic carbocycles. The lowest BCUT2D eigenvalue weighted by Gasteiger charge is -2.41. The summed E-state index contributed by atoms with van der Waals surface area (Å²) in [5, 5.41) is 10.4. The summed E-state index contributed by atoms with van der Waals surface area (Å²) in [7, 11) is -2.52. The quantitative estimate of drug-likeness (QED) is 0.635. The van der Waals surface area contributed by atoms with Crippen molar-refractivity contribution in [2.24, 2.45) is 0 Å². The van der Waals surface area contributed by atoms with Crippen molar-refractivity contribution < 1.29 is 18.1 Å². The van der Waals surface area contributed by atoms with Crippen LogP contribution in [-0.2, 0) is 17.2 Å². The average molecular weight is 497 g/mol. The van der Waals surface area contributed by atoms with Gasteiger partial charge in [0.05, 0.1) is 24.3 Å². The van der Waals surface area contributed by atoms with E-state index in [-0.39, 0.29) is 23.0 Å². The highest BCUT2D eigenvalue weighted by molar-refractivity contribution is 7.86. The number of rotatable bonds is 5. The number of aromatic nitrogens is 2. The molecule has 2 N–H and O–H groups in total. The third-order valence-corrected chi connectivity index (χ3v) is 8.84. The third kappa shape index (κ3) is 4.35. The largest absolute Gasteiger partial charge is 0.394 e. The molecule has 2 atom stereocenters. The van der Waals surface area contributed by atoms with Gasteiger partial charge < -0.3 is 15.3 Å². The molecule has 2 aliphatic heterocycles. The molecule has 0 radical (unpaired) electrons. The van der Waals surface area contributed by atoms with Gasteiger partial charge in [-0.1, -0.05) is 23.7 Å². The number of fused-ring (bicyclic) bond motifs is 1. The van der Waals surface area contributed by atoms with Crippen LogP contribution in [0.15, 0.2) is 29.2 Å². The number of nitrogens with one attached hydrogen (secondary N) is 1. The smallest absolute Gasteiger partial charge is 0.331 e.